The predicted octanol–water partition coefficient (Wildman–Crippen LogP) is 6.14. The highest BCUT2D eigenvalue weighted by Gasteiger charge is 2.40. The van der Waals surface area contributed by atoms with E-state index in [-0.39, 0.29) is 17.7 Å². The van der Waals surface area contributed by atoms with Gasteiger partial charge in [0.25, 0.3) is 11.8 Å². The summed E-state index contributed by atoms with van der Waals surface area (Å²) in [7, 11) is 0. The number of hydrogen-bond acceptors (Lipinski definition) is 4. The van der Waals surface area contributed by atoms with Crippen LogP contribution in [0.4, 0.5) is 11.4 Å². The maximum atomic E-state index is 13.6. The normalized spacial score (nSPS) is 13.8. The van der Waals surface area contributed by atoms with Crippen molar-refractivity contribution in [3.05, 3.63) is 94.1 Å². The van der Waals surface area contributed by atoms with E-state index < -0.39 is 5.91 Å². The number of halogens is 1. The van der Waals surface area contributed by atoms with Crippen molar-refractivity contribution in [3.63, 3.8) is 0 Å². The standard InChI is InChI=1S/C27H25ClN2O3/c1-16(2)33-22-13-8-19(9-14-22)24-25(29-23-15-20(28)10-7-18(23)4)27(32)30(26(24)31)21-11-5-17(3)6-12-21/h5-16,29H,1-4H3. The number of imide groups is 1. The molecule has 0 atom stereocenters. The minimum Gasteiger partial charge on any atom is -0.491 e. The van der Waals surface area contributed by atoms with Crippen LogP contribution in [0.25, 0.3) is 5.57 Å². The summed E-state index contributed by atoms with van der Waals surface area (Å²) >= 11 is 6.19. The van der Waals surface area contributed by atoms with E-state index in [0.29, 0.717) is 33.3 Å². The lowest BCUT2D eigenvalue weighted by Gasteiger charge is -2.16. The molecule has 168 valence electrons. The summed E-state index contributed by atoms with van der Waals surface area (Å²) in [5.74, 6) is -0.106. The summed E-state index contributed by atoms with van der Waals surface area (Å²) < 4.78 is 5.72. The first-order valence-corrected chi connectivity index (χ1v) is 11.1. The third kappa shape index (κ3) is 4.64. The van der Waals surface area contributed by atoms with Crippen LogP contribution in [-0.2, 0) is 9.59 Å². The number of nitrogens with zero attached hydrogens (tertiary/aromatic N) is 1. The highest BCUT2D eigenvalue weighted by Crippen LogP contribution is 2.35. The number of hydrogen-bond donors (Lipinski definition) is 1. The fourth-order valence-corrected chi connectivity index (χ4v) is 3.85. The fourth-order valence-electron chi connectivity index (χ4n) is 3.68. The zero-order chi connectivity index (χ0) is 23.7. The minimum atomic E-state index is -0.416. The van der Waals surface area contributed by atoms with Gasteiger partial charge in [-0.3, -0.25) is 9.59 Å². The van der Waals surface area contributed by atoms with E-state index in [9.17, 15) is 9.59 Å². The van der Waals surface area contributed by atoms with E-state index in [1.54, 1.807) is 48.5 Å². The summed E-state index contributed by atoms with van der Waals surface area (Å²) in [4.78, 5) is 28.3. The van der Waals surface area contributed by atoms with Gasteiger partial charge in [-0.25, -0.2) is 4.90 Å². The molecule has 1 aliphatic rings. The van der Waals surface area contributed by atoms with Crippen molar-refractivity contribution in [1.82, 2.24) is 0 Å². The van der Waals surface area contributed by atoms with Gasteiger partial charge in [0.1, 0.15) is 11.4 Å². The SMILES string of the molecule is Cc1ccc(N2C(=O)C(Nc3cc(Cl)ccc3C)=C(c3ccc(OC(C)C)cc3)C2=O)cc1. The number of benzene rings is 3. The van der Waals surface area contributed by atoms with Gasteiger partial charge in [0, 0.05) is 10.7 Å². The minimum absolute atomic E-state index is 0.0322. The third-order valence-electron chi connectivity index (χ3n) is 5.35. The van der Waals surface area contributed by atoms with Gasteiger partial charge in [-0.15, -0.1) is 0 Å². The van der Waals surface area contributed by atoms with Gasteiger partial charge < -0.3 is 10.1 Å². The monoisotopic (exact) mass is 460 g/mol. The molecule has 3 aromatic carbocycles. The molecule has 0 fully saturated rings. The average molecular weight is 461 g/mol. The Morgan fingerprint density at radius 2 is 1.55 bits per heavy atom. The summed E-state index contributed by atoms with van der Waals surface area (Å²) in [6.07, 6.45) is 0.0322. The smallest absolute Gasteiger partial charge is 0.282 e. The van der Waals surface area contributed by atoms with Crippen LogP contribution in [0.1, 0.15) is 30.5 Å². The molecule has 0 bridgehead atoms. The Hall–Kier alpha value is -3.57. The molecule has 6 heteroatoms. The van der Waals surface area contributed by atoms with Gasteiger partial charge in [-0.2, -0.15) is 0 Å². The maximum Gasteiger partial charge on any atom is 0.282 e. The Morgan fingerprint density at radius 1 is 0.879 bits per heavy atom. The Bertz CT molecular complexity index is 1250. The molecule has 0 radical (unpaired) electrons. The Kier molecular flexibility index (Phi) is 6.25. The summed E-state index contributed by atoms with van der Waals surface area (Å²) in [5, 5.41) is 3.72. The van der Waals surface area contributed by atoms with Crippen LogP contribution < -0.4 is 15.0 Å². The van der Waals surface area contributed by atoms with E-state index in [1.165, 1.54) is 4.90 Å². The number of anilines is 2. The summed E-state index contributed by atoms with van der Waals surface area (Å²) in [6, 6.07) is 19.9. The Labute approximate surface area is 198 Å². The van der Waals surface area contributed by atoms with Crippen LogP contribution >= 0.6 is 11.6 Å². The van der Waals surface area contributed by atoms with Crippen molar-refractivity contribution in [2.75, 3.05) is 10.2 Å². The summed E-state index contributed by atoms with van der Waals surface area (Å²) in [6.45, 7) is 7.77. The lowest BCUT2D eigenvalue weighted by molar-refractivity contribution is -0.120. The van der Waals surface area contributed by atoms with Crippen molar-refractivity contribution in [3.8, 4) is 5.75 Å². The lowest BCUT2D eigenvalue weighted by Crippen LogP contribution is -2.32. The van der Waals surface area contributed by atoms with Gasteiger partial charge in [0.2, 0.25) is 0 Å². The van der Waals surface area contributed by atoms with E-state index in [4.69, 9.17) is 16.3 Å². The molecular formula is C27H25ClN2O3. The van der Waals surface area contributed by atoms with Crippen LogP contribution in [0, 0.1) is 13.8 Å². The van der Waals surface area contributed by atoms with Crippen LogP contribution in [0.15, 0.2) is 72.4 Å². The number of aryl methyl sites for hydroxylation is 2. The van der Waals surface area contributed by atoms with Crippen LogP contribution in [-0.4, -0.2) is 17.9 Å². The molecule has 0 saturated heterocycles. The zero-order valence-corrected chi connectivity index (χ0v) is 19.7. The summed E-state index contributed by atoms with van der Waals surface area (Å²) in [5.41, 5.74) is 4.27. The number of ether oxygens (including phenoxy) is 1. The zero-order valence-electron chi connectivity index (χ0n) is 19.0. The molecule has 5 nitrogen and oxygen atoms in total. The number of amides is 2. The topological polar surface area (TPSA) is 58.6 Å². The molecule has 1 N–H and O–H groups in total. The largest absolute Gasteiger partial charge is 0.491 e. The number of rotatable bonds is 6. The maximum absolute atomic E-state index is 13.6. The first-order chi connectivity index (χ1) is 15.7. The van der Waals surface area contributed by atoms with Crippen molar-refractivity contribution < 1.29 is 14.3 Å². The highest BCUT2D eigenvalue weighted by atomic mass is 35.5. The van der Waals surface area contributed by atoms with E-state index in [1.807, 2.05) is 45.9 Å². The molecule has 0 aliphatic carbocycles. The van der Waals surface area contributed by atoms with E-state index >= 15 is 0 Å². The van der Waals surface area contributed by atoms with Crippen LogP contribution in [0.2, 0.25) is 5.02 Å². The second kappa shape index (κ2) is 9.12. The van der Waals surface area contributed by atoms with E-state index in [0.717, 1.165) is 11.1 Å². The van der Waals surface area contributed by atoms with Gasteiger partial charge in [-0.1, -0.05) is 47.5 Å². The average Bonchev–Trinajstić information content (AvgIpc) is 3.01. The Balaban J connectivity index is 1.80. The van der Waals surface area contributed by atoms with Gasteiger partial charge >= 0.3 is 0 Å². The predicted molar refractivity (Wildman–Crippen MR) is 133 cm³/mol. The van der Waals surface area contributed by atoms with Gasteiger partial charge in [0.15, 0.2) is 0 Å². The Morgan fingerprint density at radius 3 is 2.18 bits per heavy atom. The molecule has 1 aliphatic heterocycles. The molecule has 2 amide bonds. The molecule has 0 saturated carbocycles. The highest BCUT2D eigenvalue weighted by molar-refractivity contribution is 6.46. The molecule has 1 heterocycles. The van der Waals surface area contributed by atoms with Crippen molar-refractivity contribution in [1.29, 1.82) is 0 Å². The van der Waals surface area contributed by atoms with Crippen molar-refractivity contribution >= 4 is 40.4 Å². The molecule has 33 heavy (non-hydrogen) atoms. The number of nitrogens with one attached hydrogen (secondary N) is 1. The molecule has 0 spiro atoms. The second-order valence-corrected chi connectivity index (χ2v) is 8.74. The number of carbonyl (C=O) groups excluding carboxylic acids is 2. The van der Waals surface area contributed by atoms with Crippen LogP contribution in [0.5, 0.6) is 5.75 Å². The molecule has 4 rings (SSSR count). The first kappa shape index (κ1) is 22.6. The van der Waals surface area contributed by atoms with Crippen LogP contribution in [0.3, 0.4) is 0 Å². The molecular weight excluding hydrogens is 436 g/mol. The van der Waals surface area contributed by atoms with Gasteiger partial charge in [-0.05, 0) is 75.2 Å². The first-order valence-electron chi connectivity index (χ1n) is 10.7. The lowest BCUT2D eigenvalue weighted by atomic mass is 10.0. The van der Waals surface area contributed by atoms with Crippen molar-refractivity contribution in [2.24, 2.45) is 0 Å². The van der Waals surface area contributed by atoms with Crippen molar-refractivity contribution in [2.45, 2.75) is 33.8 Å². The third-order valence-corrected chi connectivity index (χ3v) is 5.59. The second-order valence-electron chi connectivity index (χ2n) is 8.31. The fraction of sp³-hybridized carbons (Fsp3) is 0.185. The quantitative estimate of drug-likeness (QED) is 0.449. The molecule has 0 aromatic heterocycles. The number of carbonyl (C=O) groups is 2. The molecule has 3 aromatic rings. The van der Waals surface area contributed by atoms with E-state index in [2.05, 4.69) is 5.32 Å². The van der Waals surface area contributed by atoms with Gasteiger partial charge in [0.05, 0.1) is 17.4 Å². The molecule has 0 unspecified atom stereocenters.